The van der Waals surface area contributed by atoms with Crippen molar-refractivity contribution >= 4 is 38.6 Å². The van der Waals surface area contributed by atoms with Crippen LogP contribution in [0.15, 0.2) is 57.9 Å². The first-order valence-corrected chi connectivity index (χ1v) is 8.49. The zero-order valence-electron chi connectivity index (χ0n) is 13.7. The first-order valence-electron chi connectivity index (χ1n) is 7.69. The Morgan fingerprint density at radius 1 is 1.12 bits per heavy atom. The Kier molecular flexibility index (Phi) is 4.90. The molecule has 0 amide bonds. The molecule has 0 bridgehead atoms. The van der Waals surface area contributed by atoms with Crippen LogP contribution < -0.4 is 10.3 Å². The van der Waals surface area contributed by atoms with E-state index in [0.717, 1.165) is 0 Å². The molecule has 6 nitrogen and oxygen atoms in total. The third-order valence-electron chi connectivity index (χ3n) is 3.77. The van der Waals surface area contributed by atoms with Crippen molar-refractivity contribution in [2.24, 2.45) is 0 Å². The van der Waals surface area contributed by atoms with Gasteiger partial charge in [-0.2, -0.15) is 0 Å². The summed E-state index contributed by atoms with van der Waals surface area (Å²) in [6, 6.07) is 11.6. The van der Waals surface area contributed by atoms with E-state index in [1.54, 1.807) is 48.7 Å². The highest BCUT2D eigenvalue weighted by Crippen LogP contribution is 2.26. The number of esters is 1. The number of carbonyl (C=O) groups excluding carboxylic acids is 1. The van der Waals surface area contributed by atoms with E-state index in [9.17, 15) is 14.4 Å². The topological polar surface area (TPSA) is 85.6 Å². The maximum atomic E-state index is 12.8. The molecular formula is C19H14BrNO5. The van der Waals surface area contributed by atoms with E-state index < -0.39 is 11.9 Å². The number of aliphatic carboxylic acids is 1. The third kappa shape index (κ3) is 3.67. The quantitative estimate of drug-likeness (QED) is 0.521. The van der Waals surface area contributed by atoms with E-state index in [1.165, 1.54) is 11.5 Å². The number of hydrogen-bond acceptors (Lipinski definition) is 4. The Hall–Kier alpha value is -2.93. The highest BCUT2D eigenvalue weighted by atomic mass is 79.9. The molecule has 0 aliphatic rings. The number of hydrogen-bond donors (Lipinski definition) is 1. The molecule has 0 unspecified atom stereocenters. The van der Waals surface area contributed by atoms with Crippen molar-refractivity contribution in [3.05, 3.63) is 69.1 Å². The molecule has 7 heteroatoms. The van der Waals surface area contributed by atoms with Crippen molar-refractivity contribution in [1.82, 2.24) is 4.57 Å². The number of carbonyl (C=O) groups is 2. The molecular weight excluding hydrogens is 402 g/mol. The fraction of sp³-hybridized carbons (Fsp3) is 0.105. The molecule has 0 saturated heterocycles. The molecule has 0 fully saturated rings. The lowest BCUT2D eigenvalue weighted by Gasteiger charge is -2.11. The summed E-state index contributed by atoms with van der Waals surface area (Å²) in [5.74, 6) is -0.983. The van der Waals surface area contributed by atoms with Gasteiger partial charge < -0.3 is 9.84 Å². The van der Waals surface area contributed by atoms with Crippen molar-refractivity contribution in [1.29, 1.82) is 0 Å². The maximum Gasteiger partial charge on any atom is 0.308 e. The summed E-state index contributed by atoms with van der Waals surface area (Å²) >= 11 is 3.45. The van der Waals surface area contributed by atoms with Gasteiger partial charge in [0.2, 0.25) is 0 Å². The second-order valence-electron chi connectivity index (χ2n) is 5.69. The van der Waals surface area contributed by atoms with Crippen LogP contribution in [0.2, 0.25) is 0 Å². The predicted molar refractivity (Wildman–Crippen MR) is 99.9 cm³/mol. The zero-order valence-corrected chi connectivity index (χ0v) is 15.3. The first kappa shape index (κ1) is 17.9. The Morgan fingerprint density at radius 3 is 2.42 bits per heavy atom. The third-order valence-corrected chi connectivity index (χ3v) is 4.40. The van der Waals surface area contributed by atoms with Gasteiger partial charge in [-0.3, -0.25) is 19.0 Å². The van der Waals surface area contributed by atoms with Gasteiger partial charge in [0.05, 0.1) is 6.42 Å². The van der Waals surface area contributed by atoms with Crippen LogP contribution in [-0.4, -0.2) is 21.6 Å². The number of carboxylic acids is 1. The van der Waals surface area contributed by atoms with E-state index in [4.69, 9.17) is 9.84 Å². The van der Waals surface area contributed by atoms with Crippen LogP contribution in [0.3, 0.4) is 0 Å². The van der Waals surface area contributed by atoms with Crippen LogP contribution in [0.5, 0.6) is 5.75 Å². The monoisotopic (exact) mass is 415 g/mol. The minimum atomic E-state index is -0.910. The van der Waals surface area contributed by atoms with Crippen molar-refractivity contribution < 1.29 is 19.4 Å². The number of rotatable bonds is 4. The minimum Gasteiger partial charge on any atom is -0.481 e. The number of halogens is 1. The molecule has 1 heterocycles. The minimum absolute atomic E-state index is 0.0739. The predicted octanol–water partition coefficient (Wildman–Crippen LogP) is 3.31. The van der Waals surface area contributed by atoms with Crippen LogP contribution >= 0.6 is 15.9 Å². The van der Waals surface area contributed by atoms with Gasteiger partial charge in [-0.15, -0.1) is 0 Å². The second kappa shape index (κ2) is 7.13. The van der Waals surface area contributed by atoms with Crippen molar-refractivity contribution in [3.63, 3.8) is 0 Å². The molecule has 132 valence electrons. The van der Waals surface area contributed by atoms with E-state index >= 15 is 0 Å². The molecule has 1 N–H and O–H groups in total. The van der Waals surface area contributed by atoms with Crippen molar-refractivity contribution in [2.45, 2.75) is 13.3 Å². The molecule has 0 aliphatic heterocycles. The molecule has 26 heavy (non-hydrogen) atoms. The van der Waals surface area contributed by atoms with Crippen molar-refractivity contribution in [2.75, 3.05) is 0 Å². The zero-order chi connectivity index (χ0) is 18.8. The summed E-state index contributed by atoms with van der Waals surface area (Å²) in [6.07, 6.45) is 1.56. The van der Waals surface area contributed by atoms with Gasteiger partial charge in [0.1, 0.15) is 5.75 Å². The lowest BCUT2D eigenvalue weighted by Crippen LogP contribution is -2.18. The molecule has 0 radical (unpaired) electrons. The second-order valence-corrected chi connectivity index (χ2v) is 6.54. The van der Waals surface area contributed by atoms with E-state index in [1.807, 2.05) is 0 Å². The summed E-state index contributed by atoms with van der Waals surface area (Å²) in [5.41, 5.74) is 1.04. The number of aromatic nitrogens is 1. The van der Waals surface area contributed by atoms with E-state index in [2.05, 4.69) is 15.9 Å². The fourth-order valence-electron chi connectivity index (χ4n) is 2.65. The molecule has 1 aromatic heterocycles. The lowest BCUT2D eigenvalue weighted by molar-refractivity contribution is -0.136. The Labute approximate surface area is 156 Å². The molecule has 0 aliphatic carbocycles. The average molecular weight is 416 g/mol. The fourth-order valence-corrected chi connectivity index (χ4v) is 3.18. The highest BCUT2D eigenvalue weighted by Gasteiger charge is 2.11. The number of nitrogens with zero attached hydrogens (tertiary/aromatic N) is 1. The molecule has 2 aromatic carbocycles. The molecule has 3 rings (SSSR count). The smallest absolute Gasteiger partial charge is 0.308 e. The van der Waals surface area contributed by atoms with Gasteiger partial charge in [0, 0.05) is 34.1 Å². The molecule has 0 saturated carbocycles. The van der Waals surface area contributed by atoms with Gasteiger partial charge in [-0.25, -0.2) is 0 Å². The molecule has 0 spiro atoms. The standard InChI is InChI=1S/C19H14BrNO5/c1-11(22)26-14-6-7-15-16(9-14)17(20)10-21(19(15)25)13-4-2-12(3-5-13)8-18(23)24/h2-7,9-10H,8H2,1H3,(H,23,24). The van der Waals surface area contributed by atoms with E-state index in [-0.39, 0.29) is 12.0 Å². The van der Waals surface area contributed by atoms with Gasteiger partial charge in [-0.1, -0.05) is 12.1 Å². The number of ether oxygens (including phenoxy) is 1. The number of fused-ring (bicyclic) bond motifs is 1. The number of pyridine rings is 1. The highest BCUT2D eigenvalue weighted by molar-refractivity contribution is 9.10. The summed E-state index contributed by atoms with van der Waals surface area (Å²) < 4.78 is 7.20. The average Bonchev–Trinajstić information content (AvgIpc) is 2.58. The largest absolute Gasteiger partial charge is 0.481 e. The van der Waals surface area contributed by atoms with Crippen LogP contribution in [-0.2, 0) is 16.0 Å². The Morgan fingerprint density at radius 2 is 1.81 bits per heavy atom. The van der Waals surface area contributed by atoms with Crippen molar-refractivity contribution in [3.8, 4) is 11.4 Å². The summed E-state index contributed by atoms with van der Waals surface area (Å²) in [7, 11) is 0. The summed E-state index contributed by atoms with van der Waals surface area (Å²) in [5, 5.41) is 9.93. The van der Waals surface area contributed by atoms with Gasteiger partial charge in [0.15, 0.2) is 0 Å². The van der Waals surface area contributed by atoms with Gasteiger partial charge >= 0.3 is 11.9 Å². The number of carboxylic acid groups (broad SMARTS) is 1. The summed E-state index contributed by atoms with van der Waals surface area (Å²) in [6.45, 7) is 1.31. The van der Waals surface area contributed by atoms with Crippen LogP contribution in [0.25, 0.3) is 16.5 Å². The molecule has 3 aromatic rings. The van der Waals surface area contributed by atoms with E-state index in [0.29, 0.717) is 32.2 Å². The normalized spacial score (nSPS) is 10.7. The Balaban J connectivity index is 2.07. The first-order chi connectivity index (χ1) is 12.3. The number of benzene rings is 2. The van der Waals surface area contributed by atoms with Crippen LogP contribution in [0.1, 0.15) is 12.5 Å². The molecule has 0 atom stereocenters. The van der Waals surface area contributed by atoms with Crippen LogP contribution in [0, 0.1) is 0 Å². The summed E-state index contributed by atoms with van der Waals surface area (Å²) in [4.78, 5) is 34.7. The SMILES string of the molecule is CC(=O)Oc1ccc2c(=O)n(-c3ccc(CC(=O)O)cc3)cc(Br)c2c1. The maximum absolute atomic E-state index is 12.8. The van der Waals surface area contributed by atoms with Gasteiger partial charge in [0.25, 0.3) is 5.56 Å². The van der Waals surface area contributed by atoms with Crippen LogP contribution in [0.4, 0.5) is 0 Å². The Bertz CT molecular complexity index is 1070. The van der Waals surface area contributed by atoms with Gasteiger partial charge in [-0.05, 0) is 51.8 Å². The lowest BCUT2D eigenvalue weighted by atomic mass is 10.1.